The number of hydrogen-bond acceptors (Lipinski definition) is 6. The van der Waals surface area contributed by atoms with E-state index in [1.807, 2.05) is 30.3 Å². The van der Waals surface area contributed by atoms with Crippen molar-refractivity contribution in [2.75, 3.05) is 5.32 Å². The van der Waals surface area contributed by atoms with Gasteiger partial charge in [0, 0.05) is 18.1 Å². The number of thioether (sulfide) groups is 1. The van der Waals surface area contributed by atoms with Gasteiger partial charge in [0.05, 0.1) is 5.75 Å². The van der Waals surface area contributed by atoms with E-state index < -0.39 is 0 Å². The van der Waals surface area contributed by atoms with Crippen LogP contribution in [0, 0.1) is 0 Å². The highest BCUT2D eigenvalue weighted by atomic mass is 32.2. The SMILES string of the molecule is Cn1nccc1C(=O)Nc1nnc(CSc2ccccc2)o1. The summed E-state index contributed by atoms with van der Waals surface area (Å²) < 4.78 is 6.88. The fourth-order valence-corrected chi connectivity index (χ4v) is 2.54. The van der Waals surface area contributed by atoms with Crippen LogP contribution in [-0.2, 0) is 12.8 Å². The molecule has 22 heavy (non-hydrogen) atoms. The quantitative estimate of drug-likeness (QED) is 0.727. The minimum atomic E-state index is -0.342. The average Bonchev–Trinajstić information content (AvgIpc) is 3.15. The van der Waals surface area contributed by atoms with Crippen LogP contribution in [0.1, 0.15) is 16.4 Å². The van der Waals surface area contributed by atoms with Crippen molar-refractivity contribution in [3.8, 4) is 0 Å². The van der Waals surface area contributed by atoms with Gasteiger partial charge in [-0.05, 0) is 18.2 Å². The first kappa shape index (κ1) is 14.3. The number of nitrogens with one attached hydrogen (secondary N) is 1. The van der Waals surface area contributed by atoms with E-state index in [9.17, 15) is 4.79 Å². The van der Waals surface area contributed by atoms with E-state index in [1.165, 1.54) is 4.68 Å². The van der Waals surface area contributed by atoms with Crippen molar-refractivity contribution in [1.29, 1.82) is 0 Å². The molecule has 2 heterocycles. The van der Waals surface area contributed by atoms with Gasteiger partial charge >= 0.3 is 6.01 Å². The van der Waals surface area contributed by atoms with Crippen LogP contribution in [0.2, 0.25) is 0 Å². The third-order valence-electron chi connectivity index (χ3n) is 2.85. The summed E-state index contributed by atoms with van der Waals surface area (Å²) in [6, 6.07) is 11.6. The Bertz CT molecular complexity index is 768. The van der Waals surface area contributed by atoms with Crippen LogP contribution in [-0.4, -0.2) is 25.9 Å². The normalized spacial score (nSPS) is 10.6. The summed E-state index contributed by atoms with van der Waals surface area (Å²) in [5.41, 5.74) is 0.415. The third-order valence-corrected chi connectivity index (χ3v) is 3.84. The number of amides is 1. The Labute approximate surface area is 130 Å². The van der Waals surface area contributed by atoms with E-state index in [0.717, 1.165) is 4.90 Å². The van der Waals surface area contributed by atoms with Crippen LogP contribution < -0.4 is 5.32 Å². The average molecular weight is 315 g/mol. The van der Waals surface area contributed by atoms with Crippen LogP contribution in [0.25, 0.3) is 0 Å². The molecule has 1 aromatic carbocycles. The standard InChI is InChI=1S/C14H13N5O2S/c1-19-11(7-8-15-19)13(20)16-14-18-17-12(21-14)9-22-10-5-3-2-4-6-10/h2-8H,9H2,1H3,(H,16,18,20). The molecule has 0 radical (unpaired) electrons. The lowest BCUT2D eigenvalue weighted by Gasteiger charge is -2.00. The van der Waals surface area contributed by atoms with Gasteiger partial charge in [0.25, 0.3) is 5.91 Å². The number of aryl methyl sites for hydroxylation is 1. The number of nitrogens with zero attached hydrogens (tertiary/aromatic N) is 4. The van der Waals surface area contributed by atoms with Crippen molar-refractivity contribution < 1.29 is 9.21 Å². The van der Waals surface area contributed by atoms with Crippen LogP contribution in [0.3, 0.4) is 0 Å². The molecule has 0 aliphatic carbocycles. The van der Waals surface area contributed by atoms with Crippen molar-refractivity contribution in [2.24, 2.45) is 7.05 Å². The van der Waals surface area contributed by atoms with E-state index in [4.69, 9.17) is 4.42 Å². The second-order valence-electron chi connectivity index (χ2n) is 4.40. The second-order valence-corrected chi connectivity index (χ2v) is 5.45. The molecule has 0 saturated carbocycles. The fraction of sp³-hybridized carbons (Fsp3) is 0.143. The van der Waals surface area contributed by atoms with Crippen molar-refractivity contribution in [2.45, 2.75) is 10.6 Å². The maximum atomic E-state index is 12.0. The molecule has 2 aromatic heterocycles. The predicted octanol–water partition coefficient (Wildman–Crippen LogP) is 2.35. The highest BCUT2D eigenvalue weighted by molar-refractivity contribution is 7.98. The molecule has 3 rings (SSSR count). The molecule has 0 bridgehead atoms. The van der Waals surface area contributed by atoms with E-state index in [1.54, 1.807) is 31.1 Å². The van der Waals surface area contributed by atoms with E-state index in [2.05, 4.69) is 20.6 Å². The Hall–Kier alpha value is -2.61. The number of carbonyl (C=O) groups excluding carboxylic acids is 1. The Morgan fingerprint density at radius 3 is 2.82 bits per heavy atom. The Kier molecular flexibility index (Phi) is 4.19. The van der Waals surface area contributed by atoms with Crippen LogP contribution in [0.5, 0.6) is 0 Å². The zero-order chi connectivity index (χ0) is 15.4. The number of hydrogen-bond donors (Lipinski definition) is 1. The minimum absolute atomic E-state index is 0.0786. The molecule has 1 N–H and O–H groups in total. The van der Waals surface area contributed by atoms with Gasteiger partial charge in [0.2, 0.25) is 5.89 Å². The van der Waals surface area contributed by atoms with Crippen LogP contribution >= 0.6 is 11.8 Å². The zero-order valence-corrected chi connectivity index (χ0v) is 12.6. The first-order valence-electron chi connectivity index (χ1n) is 6.52. The summed E-state index contributed by atoms with van der Waals surface area (Å²) in [6.45, 7) is 0. The van der Waals surface area contributed by atoms with Gasteiger partial charge in [0.15, 0.2) is 0 Å². The topological polar surface area (TPSA) is 85.8 Å². The van der Waals surface area contributed by atoms with Crippen molar-refractivity contribution >= 4 is 23.7 Å². The van der Waals surface area contributed by atoms with Gasteiger partial charge in [0.1, 0.15) is 5.69 Å². The van der Waals surface area contributed by atoms with E-state index >= 15 is 0 Å². The molecule has 112 valence electrons. The number of aromatic nitrogens is 4. The van der Waals surface area contributed by atoms with Gasteiger partial charge in [-0.1, -0.05) is 23.3 Å². The maximum Gasteiger partial charge on any atom is 0.322 e. The summed E-state index contributed by atoms with van der Waals surface area (Å²) in [6.07, 6.45) is 1.55. The Balaban J connectivity index is 1.59. The molecular formula is C14H13N5O2S. The van der Waals surface area contributed by atoms with Gasteiger partial charge in [-0.25, -0.2) is 0 Å². The Morgan fingerprint density at radius 1 is 1.27 bits per heavy atom. The molecule has 7 nitrogen and oxygen atoms in total. The number of anilines is 1. The first-order chi connectivity index (χ1) is 10.7. The molecular weight excluding hydrogens is 302 g/mol. The maximum absolute atomic E-state index is 12.0. The number of rotatable bonds is 5. The smallest absolute Gasteiger partial charge is 0.322 e. The lowest BCUT2D eigenvalue weighted by Crippen LogP contribution is -2.16. The predicted molar refractivity (Wildman–Crippen MR) is 81.5 cm³/mol. The number of benzene rings is 1. The van der Waals surface area contributed by atoms with Crippen molar-refractivity contribution in [1.82, 2.24) is 20.0 Å². The minimum Gasteiger partial charge on any atom is -0.407 e. The first-order valence-corrected chi connectivity index (χ1v) is 7.50. The van der Waals surface area contributed by atoms with E-state index in [0.29, 0.717) is 17.3 Å². The van der Waals surface area contributed by atoms with Crippen molar-refractivity contribution in [3.63, 3.8) is 0 Å². The molecule has 0 aliphatic heterocycles. The molecule has 0 atom stereocenters. The van der Waals surface area contributed by atoms with Gasteiger partial charge < -0.3 is 4.42 Å². The highest BCUT2D eigenvalue weighted by Crippen LogP contribution is 2.22. The zero-order valence-electron chi connectivity index (χ0n) is 11.8. The van der Waals surface area contributed by atoms with Crippen LogP contribution in [0.4, 0.5) is 6.01 Å². The lowest BCUT2D eigenvalue weighted by atomic mass is 10.4. The molecule has 0 spiro atoms. The number of carbonyl (C=O) groups is 1. The summed E-state index contributed by atoms with van der Waals surface area (Å²) in [5.74, 6) is 0.651. The third kappa shape index (κ3) is 3.34. The molecule has 0 unspecified atom stereocenters. The monoisotopic (exact) mass is 315 g/mol. The van der Waals surface area contributed by atoms with Crippen molar-refractivity contribution in [3.05, 3.63) is 54.2 Å². The molecule has 3 aromatic rings. The van der Waals surface area contributed by atoms with Gasteiger partial charge in [-0.2, -0.15) is 5.10 Å². The summed E-state index contributed by atoms with van der Waals surface area (Å²) in [5, 5.41) is 14.2. The molecule has 0 aliphatic rings. The molecule has 0 fully saturated rings. The Morgan fingerprint density at radius 2 is 2.09 bits per heavy atom. The molecule has 1 amide bonds. The highest BCUT2D eigenvalue weighted by Gasteiger charge is 2.14. The molecule has 0 saturated heterocycles. The summed E-state index contributed by atoms with van der Waals surface area (Å²) in [4.78, 5) is 13.1. The van der Waals surface area contributed by atoms with E-state index in [-0.39, 0.29) is 11.9 Å². The van der Waals surface area contributed by atoms with Gasteiger partial charge in [-0.15, -0.1) is 16.9 Å². The fourth-order valence-electron chi connectivity index (χ4n) is 1.78. The largest absolute Gasteiger partial charge is 0.407 e. The molecule has 8 heteroatoms. The second kappa shape index (κ2) is 6.44. The lowest BCUT2D eigenvalue weighted by molar-refractivity contribution is 0.101. The summed E-state index contributed by atoms with van der Waals surface area (Å²) in [7, 11) is 1.69. The van der Waals surface area contributed by atoms with Crippen LogP contribution in [0.15, 0.2) is 51.9 Å². The summed E-state index contributed by atoms with van der Waals surface area (Å²) >= 11 is 1.58. The van der Waals surface area contributed by atoms with Gasteiger partial charge in [-0.3, -0.25) is 14.8 Å².